The van der Waals surface area contributed by atoms with E-state index in [9.17, 15) is 12.8 Å². The molecule has 2 aromatic heterocycles. The molecule has 6 nitrogen and oxygen atoms in total. The summed E-state index contributed by atoms with van der Waals surface area (Å²) in [7, 11) is -3.85. The number of pyridine rings is 1. The van der Waals surface area contributed by atoms with E-state index in [1.807, 2.05) is 6.07 Å². The second kappa shape index (κ2) is 7.74. The molecule has 1 aromatic carbocycles. The highest BCUT2D eigenvalue weighted by Crippen LogP contribution is 2.30. The standard InChI is InChI=1S/C22H27FN4O2S/c1-22(2,3)21-25-18-14-16(30(28,29)17-8-9-24-20(23)15-17)6-7-19(18)27(21)13-12-26-10-4-5-11-26/h6-9,14-15H,4-5,10-13H2,1-3H3. The Morgan fingerprint density at radius 1 is 1.03 bits per heavy atom. The fourth-order valence-corrected chi connectivity index (χ4v) is 5.29. The van der Waals surface area contributed by atoms with Crippen LogP contribution < -0.4 is 0 Å². The van der Waals surface area contributed by atoms with Gasteiger partial charge in [-0.1, -0.05) is 20.8 Å². The number of likely N-dealkylation sites (tertiary alicyclic amines) is 1. The average Bonchev–Trinajstić information content (AvgIpc) is 3.33. The average molecular weight is 431 g/mol. The second-order valence-corrected chi connectivity index (χ2v) is 10.8. The number of imidazole rings is 1. The van der Waals surface area contributed by atoms with Crippen LogP contribution in [0.2, 0.25) is 0 Å². The van der Waals surface area contributed by atoms with Crippen LogP contribution in [-0.4, -0.2) is 47.5 Å². The van der Waals surface area contributed by atoms with E-state index in [2.05, 4.69) is 35.2 Å². The van der Waals surface area contributed by atoms with E-state index in [1.165, 1.54) is 18.9 Å². The van der Waals surface area contributed by atoms with E-state index < -0.39 is 15.8 Å². The number of halogens is 1. The van der Waals surface area contributed by atoms with Crippen LogP contribution in [-0.2, 0) is 21.8 Å². The van der Waals surface area contributed by atoms with Crippen LogP contribution in [0.3, 0.4) is 0 Å². The van der Waals surface area contributed by atoms with Crippen molar-refractivity contribution in [2.45, 2.75) is 55.4 Å². The van der Waals surface area contributed by atoms with Gasteiger partial charge in [-0.2, -0.15) is 4.39 Å². The number of rotatable bonds is 5. The van der Waals surface area contributed by atoms with Crippen molar-refractivity contribution in [1.82, 2.24) is 19.4 Å². The van der Waals surface area contributed by atoms with Gasteiger partial charge in [0.1, 0.15) is 5.82 Å². The lowest BCUT2D eigenvalue weighted by atomic mass is 9.95. The zero-order valence-corrected chi connectivity index (χ0v) is 18.4. The highest BCUT2D eigenvalue weighted by atomic mass is 32.2. The van der Waals surface area contributed by atoms with Crippen molar-refractivity contribution in [2.24, 2.45) is 0 Å². The van der Waals surface area contributed by atoms with Gasteiger partial charge in [0.25, 0.3) is 0 Å². The van der Waals surface area contributed by atoms with Crippen molar-refractivity contribution in [2.75, 3.05) is 19.6 Å². The fraction of sp³-hybridized carbons (Fsp3) is 0.455. The van der Waals surface area contributed by atoms with Gasteiger partial charge in [-0.15, -0.1) is 0 Å². The summed E-state index contributed by atoms with van der Waals surface area (Å²) in [4.78, 5) is 10.7. The Labute approximate surface area is 176 Å². The Kier molecular flexibility index (Phi) is 5.40. The SMILES string of the molecule is CC(C)(C)c1nc2cc(S(=O)(=O)c3ccnc(F)c3)ccc2n1CCN1CCCC1. The van der Waals surface area contributed by atoms with Gasteiger partial charge < -0.3 is 9.47 Å². The number of aromatic nitrogens is 3. The summed E-state index contributed by atoms with van der Waals surface area (Å²) in [5, 5.41) is 0. The third kappa shape index (κ3) is 3.98. The Bertz CT molecular complexity index is 1180. The molecule has 30 heavy (non-hydrogen) atoms. The molecule has 0 spiro atoms. The van der Waals surface area contributed by atoms with E-state index in [1.54, 1.807) is 12.1 Å². The first-order valence-corrected chi connectivity index (χ1v) is 11.7. The molecule has 0 bridgehead atoms. The lowest BCUT2D eigenvalue weighted by Gasteiger charge is -2.22. The van der Waals surface area contributed by atoms with Crippen molar-refractivity contribution < 1.29 is 12.8 Å². The Morgan fingerprint density at radius 2 is 1.73 bits per heavy atom. The van der Waals surface area contributed by atoms with Crippen LogP contribution in [0.4, 0.5) is 4.39 Å². The third-order valence-electron chi connectivity index (χ3n) is 5.55. The van der Waals surface area contributed by atoms with Gasteiger partial charge in [0, 0.05) is 30.8 Å². The van der Waals surface area contributed by atoms with Crippen molar-refractivity contribution in [1.29, 1.82) is 0 Å². The number of hydrogen-bond donors (Lipinski definition) is 0. The van der Waals surface area contributed by atoms with E-state index in [0.717, 1.165) is 49.8 Å². The highest BCUT2D eigenvalue weighted by Gasteiger charge is 2.25. The van der Waals surface area contributed by atoms with Crippen molar-refractivity contribution >= 4 is 20.9 Å². The molecule has 1 aliphatic rings. The van der Waals surface area contributed by atoms with Gasteiger partial charge in [0.15, 0.2) is 0 Å². The molecule has 0 aliphatic carbocycles. The van der Waals surface area contributed by atoms with Crippen LogP contribution in [0.1, 0.15) is 39.4 Å². The molecule has 0 amide bonds. The molecular formula is C22H27FN4O2S. The van der Waals surface area contributed by atoms with Crippen LogP contribution in [0.5, 0.6) is 0 Å². The first-order chi connectivity index (χ1) is 14.2. The Morgan fingerprint density at radius 3 is 2.40 bits per heavy atom. The zero-order valence-electron chi connectivity index (χ0n) is 17.6. The molecule has 0 atom stereocenters. The number of nitrogens with zero attached hydrogens (tertiary/aromatic N) is 4. The molecule has 3 heterocycles. The lowest BCUT2D eigenvalue weighted by molar-refractivity contribution is 0.318. The maximum atomic E-state index is 13.5. The minimum Gasteiger partial charge on any atom is -0.326 e. The van der Waals surface area contributed by atoms with E-state index in [0.29, 0.717) is 5.52 Å². The third-order valence-corrected chi connectivity index (χ3v) is 7.30. The number of benzene rings is 1. The van der Waals surface area contributed by atoms with Gasteiger partial charge in [0.2, 0.25) is 15.8 Å². The summed E-state index contributed by atoms with van der Waals surface area (Å²) in [5.41, 5.74) is 1.37. The number of fused-ring (bicyclic) bond motifs is 1. The summed E-state index contributed by atoms with van der Waals surface area (Å²) < 4.78 is 41.6. The van der Waals surface area contributed by atoms with Crippen LogP contribution in [0, 0.1) is 5.95 Å². The van der Waals surface area contributed by atoms with E-state index >= 15 is 0 Å². The van der Waals surface area contributed by atoms with Crippen molar-refractivity contribution in [3.63, 3.8) is 0 Å². The summed E-state index contributed by atoms with van der Waals surface area (Å²) in [6.45, 7) is 10.3. The normalized spacial score (nSPS) is 15.9. The second-order valence-electron chi connectivity index (χ2n) is 8.85. The van der Waals surface area contributed by atoms with Crippen molar-refractivity contribution in [3.05, 3.63) is 48.3 Å². The van der Waals surface area contributed by atoms with Gasteiger partial charge >= 0.3 is 0 Å². The summed E-state index contributed by atoms with van der Waals surface area (Å²) in [5.74, 6) is 0.111. The quantitative estimate of drug-likeness (QED) is 0.576. The molecular weight excluding hydrogens is 403 g/mol. The minimum absolute atomic E-state index is 0.102. The first kappa shape index (κ1) is 20.9. The monoisotopic (exact) mass is 430 g/mol. The van der Waals surface area contributed by atoms with Crippen LogP contribution in [0.25, 0.3) is 11.0 Å². The Hall–Kier alpha value is -2.32. The van der Waals surface area contributed by atoms with Crippen LogP contribution in [0.15, 0.2) is 46.3 Å². The molecule has 1 saturated heterocycles. The van der Waals surface area contributed by atoms with Gasteiger partial charge in [0.05, 0.1) is 20.8 Å². The van der Waals surface area contributed by atoms with E-state index in [-0.39, 0.29) is 15.2 Å². The minimum atomic E-state index is -3.85. The predicted molar refractivity (Wildman–Crippen MR) is 114 cm³/mol. The molecule has 8 heteroatoms. The lowest BCUT2D eigenvalue weighted by Crippen LogP contribution is -2.27. The number of sulfone groups is 1. The highest BCUT2D eigenvalue weighted by molar-refractivity contribution is 7.91. The molecule has 160 valence electrons. The van der Waals surface area contributed by atoms with E-state index in [4.69, 9.17) is 4.98 Å². The molecule has 1 aliphatic heterocycles. The fourth-order valence-electron chi connectivity index (χ4n) is 4.01. The van der Waals surface area contributed by atoms with Gasteiger partial charge in [-0.25, -0.2) is 18.4 Å². The molecule has 0 N–H and O–H groups in total. The largest absolute Gasteiger partial charge is 0.326 e. The number of hydrogen-bond acceptors (Lipinski definition) is 5. The summed E-state index contributed by atoms with van der Waals surface area (Å²) in [6.07, 6.45) is 3.65. The molecule has 0 unspecified atom stereocenters. The topological polar surface area (TPSA) is 68.1 Å². The smallest absolute Gasteiger partial charge is 0.214 e. The summed E-state index contributed by atoms with van der Waals surface area (Å²) in [6, 6.07) is 7.22. The van der Waals surface area contributed by atoms with Gasteiger partial charge in [-0.3, -0.25) is 0 Å². The maximum absolute atomic E-state index is 13.5. The zero-order chi connectivity index (χ0) is 21.5. The molecule has 0 saturated carbocycles. The van der Waals surface area contributed by atoms with Crippen molar-refractivity contribution in [3.8, 4) is 0 Å². The molecule has 1 fully saturated rings. The maximum Gasteiger partial charge on any atom is 0.214 e. The first-order valence-electron chi connectivity index (χ1n) is 10.3. The van der Waals surface area contributed by atoms with Gasteiger partial charge in [-0.05, 0) is 50.2 Å². The summed E-state index contributed by atoms with van der Waals surface area (Å²) >= 11 is 0. The van der Waals surface area contributed by atoms with Crippen LogP contribution >= 0.6 is 0 Å². The molecule has 0 radical (unpaired) electrons. The molecule has 3 aromatic rings. The molecule has 4 rings (SSSR count). The predicted octanol–water partition coefficient (Wildman–Crippen LogP) is 3.80. The Balaban J connectivity index is 1.76.